The molecule has 0 aromatic heterocycles. The van der Waals surface area contributed by atoms with Gasteiger partial charge in [0.15, 0.2) is 11.5 Å². The van der Waals surface area contributed by atoms with Crippen molar-refractivity contribution in [2.45, 2.75) is 13.5 Å². The number of nitrogens with zero attached hydrogens (tertiary/aromatic N) is 1. The first-order valence-corrected chi connectivity index (χ1v) is 11.2. The molecule has 166 valence electrons. The molecule has 9 heteroatoms. The highest BCUT2D eigenvalue weighted by Gasteiger charge is 2.34. The minimum absolute atomic E-state index is 0.138. The predicted molar refractivity (Wildman–Crippen MR) is 126 cm³/mol. The molecule has 0 saturated carbocycles. The van der Waals surface area contributed by atoms with E-state index in [9.17, 15) is 14.4 Å². The molecule has 1 N–H and O–H groups in total. The molecule has 32 heavy (non-hydrogen) atoms. The topological polar surface area (TPSA) is 93.1 Å². The van der Waals surface area contributed by atoms with E-state index < -0.39 is 5.97 Å². The van der Waals surface area contributed by atoms with Crippen LogP contribution < -0.4 is 9.47 Å². The van der Waals surface area contributed by atoms with Gasteiger partial charge in [0.2, 0.25) is 0 Å². The second-order valence-corrected chi connectivity index (χ2v) is 8.49. The summed E-state index contributed by atoms with van der Waals surface area (Å²) in [6.45, 7) is 6.08. The molecule has 2 aromatic carbocycles. The molecule has 1 fully saturated rings. The lowest BCUT2D eigenvalue weighted by atomic mass is 10.1. The lowest BCUT2D eigenvalue weighted by Gasteiger charge is -2.15. The Morgan fingerprint density at radius 3 is 2.72 bits per heavy atom. The van der Waals surface area contributed by atoms with Crippen LogP contribution in [0.25, 0.3) is 6.08 Å². The summed E-state index contributed by atoms with van der Waals surface area (Å²) in [7, 11) is 0. The smallest absolute Gasteiger partial charge is 0.335 e. The van der Waals surface area contributed by atoms with Gasteiger partial charge in [0.25, 0.3) is 11.1 Å². The number of hydrogen-bond donors (Lipinski definition) is 1. The van der Waals surface area contributed by atoms with E-state index in [1.807, 2.05) is 6.92 Å². The van der Waals surface area contributed by atoms with Gasteiger partial charge in [0, 0.05) is 6.54 Å². The van der Waals surface area contributed by atoms with Crippen LogP contribution in [0.4, 0.5) is 4.79 Å². The first-order chi connectivity index (χ1) is 15.3. The molecule has 1 saturated heterocycles. The number of hydrogen-bond acceptors (Lipinski definition) is 6. The summed E-state index contributed by atoms with van der Waals surface area (Å²) in [6, 6.07) is 9.96. The van der Waals surface area contributed by atoms with E-state index in [1.165, 1.54) is 12.1 Å². The van der Waals surface area contributed by atoms with E-state index in [4.69, 9.17) is 14.6 Å². The van der Waals surface area contributed by atoms with Crippen LogP contribution in [0, 0.1) is 0 Å². The van der Waals surface area contributed by atoms with Gasteiger partial charge < -0.3 is 14.6 Å². The maximum atomic E-state index is 12.5. The number of carbonyl (C=O) groups excluding carboxylic acids is 2. The Labute approximate surface area is 197 Å². The number of aromatic carboxylic acids is 1. The Bertz CT molecular complexity index is 1110. The highest BCUT2D eigenvalue weighted by Crippen LogP contribution is 2.39. The average molecular weight is 518 g/mol. The molecule has 1 aliphatic rings. The Kier molecular flexibility index (Phi) is 7.76. The number of ether oxygens (including phenoxy) is 2. The maximum absolute atomic E-state index is 12.5. The maximum Gasteiger partial charge on any atom is 0.335 e. The van der Waals surface area contributed by atoms with Crippen molar-refractivity contribution in [3.8, 4) is 11.5 Å². The van der Waals surface area contributed by atoms with Crippen molar-refractivity contribution in [3.05, 3.63) is 75.1 Å². The molecular weight excluding hydrogens is 498 g/mol. The van der Waals surface area contributed by atoms with Gasteiger partial charge in [-0.2, -0.15) is 0 Å². The lowest BCUT2D eigenvalue weighted by Crippen LogP contribution is -2.27. The minimum Gasteiger partial charge on any atom is -0.490 e. The number of carboxylic acids is 1. The van der Waals surface area contributed by atoms with E-state index in [0.29, 0.717) is 38.6 Å². The first-order valence-electron chi connectivity index (χ1n) is 9.61. The van der Waals surface area contributed by atoms with Crippen LogP contribution in [0.15, 0.2) is 58.4 Å². The number of benzene rings is 2. The van der Waals surface area contributed by atoms with Gasteiger partial charge in [0.05, 0.1) is 21.5 Å². The largest absolute Gasteiger partial charge is 0.490 e. The first kappa shape index (κ1) is 23.6. The second kappa shape index (κ2) is 10.5. The average Bonchev–Trinajstić information content (AvgIpc) is 3.01. The van der Waals surface area contributed by atoms with Crippen LogP contribution in [0.2, 0.25) is 0 Å². The van der Waals surface area contributed by atoms with Crippen LogP contribution >= 0.6 is 27.7 Å². The van der Waals surface area contributed by atoms with E-state index in [1.54, 1.807) is 36.4 Å². The predicted octanol–water partition coefficient (Wildman–Crippen LogP) is 5.35. The Balaban J connectivity index is 1.86. The normalized spacial score (nSPS) is 14.7. The Hall–Kier alpha value is -3.04. The third-order valence-electron chi connectivity index (χ3n) is 4.37. The monoisotopic (exact) mass is 517 g/mol. The number of amides is 2. The summed E-state index contributed by atoms with van der Waals surface area (Å²) in [5.74, 6) is -0.477. The van der Waals surface area contributed by atoms with Crippen molar-refractivity contribution in [1.29, 1.82) is 0 Å². The Morgan fingerprint density at radius 2 is 2.03 bits per heavy atom. The van der Waals surface area contributed by atoms with Gasteiger partial charge in [-0.15, -0.1) is 6.58 Å². The zero-order valence-corrected chi connectivity index (χ0v) is 19.6. The molecule has 2 amide bonds. The quantitative estimate of drug-likeness (QED) is 0.354. The number of halogens is 1. The number of carbonyl (C=O) groups is 3. The molecule has 2 aromatic rings. The zero-order chi connectivity index (χ0) is 23.3. The highest BCUT2D eigenvalue weighted by atomic mass is 79.9. The van der Waals surface area contributed by atoms with E-state index in [-0.39, 0.29) is 29.9 Å². The lowest BCUT2D eigenvalue weighted by molar-refractivity contribution is -0.122. The van der Waals surface area contributed by atoms with Crippen molar-refractivity contribution in [3.63, 3.8) is 0 Å². The molecule has 3 rings (SSSR count). The van der Waals surface area contributed by atoms with Gasteiger partial charge >= 0.3 is 5.97 Å². The minimum atomic E-state index is -1.01. The van der Waals surface area contributed by atoms with Gasteiger partial charge in [-0.1, -0.05) is 18.2 Å². The fraction of sp³-hybridized carbons (Fsp3) is 0.174. The van der Waals surface area contributed by atoms with Crippen molar-refractivity contribution in [2.24, 2.45) is 0 Å². The number of rotatable bonds is 9. The molecule has 0 unspecified atom stereocenters. The van der Waals surface area contributed by atoms with Crippen LogP contribution in [0.5, 0.6) is 11.5 Å². The summed E-state index contributed by atoms with van der Waals surface area (Å²) >= 11 is 4.35. The van der Waals surface area contributed by atoms with Gasteiger partial charge in [-0.25, -0.2) is 4.79 Å². The molecule has 0 atom stereocenters. The highest BCUT2D eigenvalue weighted by molar-refractivity contribution is 9.10. The summed E-state index contributed by atoms with van der Waals surface area (Å²) in [4.78, 5) is 37.1. The van der Waals surface area contributed by atoms with Gasteiger partial charge in [-0.3, -0.25) is 14.5 Å². The fourth-order valence-corrected chi connectivity index (χ4v) is 4.38. The summed E-state index contributed by atoms with van der Waals surface area (Å²) in [5.41, 5.74) is 1.53. The molecule has 0 bridgehead atoms. The van der Waals surface area contributed by atoms with E-state index >= 15 is 0 Å². The molecule has 1 heterocycles. The molecular formula is C23H20BrNO6S. The third kappa shape index (κ3) is 5.41. The molecule has 0 spiro atoms. The zero-order valence-electron chi connectivity index (χ0n) is 17.2. The van der Waals surface area contributed by atoms with Crippen LogP contribution in [0.1, 0.15) is 28.4 Å². The summed E-state index contributed by atoms with van der Waals surface area (Å²) in [5, 5.41) is 8.81. The molecule has 1 aliphatic heterocycles. The van der Waals surface area contributed by atoms with Gasteiger partial charge in [0.1, 0.15) is 6.61 Å². The van der Waals surface area contributed by atoms with Gasteiger partial charge in [-0.05, 0) is 76.1 Å². The Morgan fingerprint density at radius 1 is 1.25 bits per heavy atom. The van der Waals surface area contributed by atoms with E-state index in [0.717, 1.165) is 16.7 Å². The standard InChI is InChI=1S/C23H20BrNO6S/c1-3-8-25-21(26)19(32-23(25)29)12-15-10-17(24)20(18(11-15)30-4-2)31-13-14-6-5-7-16(9-14)22(27)28/h3,5-7,9-12H,1,4,8,13H2,2H3,(H,27,28)/b19-12+. The third-order valence-corrected chi connectivity index (χ3v) is 5.87. The van der Waals surface area contributed by atoms with Crippen molar-refractivity contribution in [1.82, 2.24) is 4.90 Å². The molecule has 0 radical (unpaired) electrons. The second-order valence-electron chi connectivity index (χ2n) is 6.64. The number of thioether (sulfide) groups is 1. The van der Waals surface area contributed by atoms with Crippen molar-refractivity contribution < 1.29 is 29.0 Å². The van der Waals surface area contributed by atoms with Crippen molar-refractivity contribution in [2.75, 3.05) is 13.2 Å². The van der Waals surface area contributed by atoms with Crippen LogP contribution in [-0.4, -0.2) is 40.3 Å². The molecule has 0 aliphatic carbocycles. The van der Waals surface area contributed by atoms with Crippen molar-refractivity contribution >= 4 is 50.9 Å². The SMILES string of the molecule is C=CCN1C(=O)S/C(=C/c2cc(Br)c(OCc3cccc(C(=O)O)c3)c(OCC)c2)C1=O. The van der Waals surface area contributed by atoms with E-state index in [2.05, 4.69) is 22.5 Å². The van der Waals surface area contributed by atoms with Crippen LogP contribution in [0.3, 0.4) is 0 Å². The van der Waals surface area contributed by atoms with Crippen LogP contribution in [-0.2, 0) is 11.4 Å². The number of carboxylic acid groups (broad SMARTS) is 1. The number of imide groups is 1. The fourth-order valence-electron chi connectivity index (χ4n) is 2.96. The summed E-state index contributed by atoms with van der Waals surface area (Å²) < 4.78 is 12.2. The summed E-state index contributed by atoms with van der Waals surface area (Å²) in [6.07, 6.45) is 3.13. The molecule has 7 nitrogen and oxygen atoms in total.